The van der Waals surface area contributed by atoms with Gasteiger partial charge in [-0.2, -0.15) is 5.26 Å². The van der Waals surface area contributed by atoms with Crippen LogP contribution in [0.1, 0.15) is 16.8 Å². The molecule has 4 heteroatoms. The summed E-state index contributed by atoms with van der Waals surface area (Å²) >= 11 is 0. The molecule has 0 saturated heterocycles. The van der Waals surface area contributed by atoms with Gasteiger partial charge in [0.1, 0.15) is 11.6 Å². The molecule has 0 spiro atoms. The van der Waals surface area contributed by atoms with Crippen LogP contribution >= 0.6 is 0 Å². The number of hydrogen-bond donors (Lipinski definition) is 2. The SMILES string of the molecule is Cc1cc(-c2cccc(-c3ccc(CO)cc3)c2)c(C#N)c(=O)[nH]1. The van der Waals surface area contributed by atoms with Crippen molar-refractivity contribution < 1.29 is 5.11 Å². The van der Waals surface area contributed by atoms with Crippen LogP contribution in [0.5, 0.6) is 0 Å². The first kappa shape index (κ1) is 15.7. The van der Waals surface area contributed by atoms with Gasteiger partial charge >= 0.3 is 0 Å². The van der Waals surface area contributed by atoms with E-state index in [4.69, 9.17) is 5.11 Å². The molecule has 3 rings (SSSR count). The maximum Gasteiger partial charge on any atom is 0.266 e. The number of nitriles is 1. The molecule has 1 heterocycles. The quantitative estimate of drug-likeness (QED) is 0.777. The normalized spacial score (nSPS) is 10.4. The zero-order valence-electron chi connectivity index (χ0n) is 13.2. The van der Waals surface area contributed by atoms with E-state index in [9.17, 15) is 10.1 Å². The Morgan fingerprint density at radius 2 is 1.75 bits per heavy atom. The first-order valence-electron chi connectivity index (χ1n) is 7.57. The summed E-state index contributed by atoms with van der Waals surface area (Å²) in [6.07, 6.45) is 0. The van der Waals surface area contributed by atoms with Gasteiger partial charge in [-0.05, 0) is 41.3 Å². The number of nitrogens with zero attached hydrogens (tertiary/aromatic N) is 1. The number of aliphatic hydroxyl groups is 1. The van der Waals surface area contributed by atoms with Crippen molar-refractivity contribution in [2.24, 2.45) is 0 Å². The molecule has 118 valence electrons. The number of aryl methyl sites for hydroxylation is 1. The van der Waals surface area contributed by atoms with Crippen molar-refractivity contribution in [3.05, 3.63) is 81.8 Å². The first-order chi connectivity index (χ1) is 11.6. The zero-order chi connectivity index (χ0) is 17.1. The standard InChI is InChI=1S/C20H16N2O2/c1-13-9-18(19(11-21)20(24)22-13)17-4-2-3-16(10-17)15-7-5-14(12-23)6-8-15/h2-10,23H,12H2,1H3,(H,22,24). The maximum atomic E-state index is 12.0. The van der Waals surface area contributed by atoms with E-state index < -0.39 is 0 Å². The second kappa shape index (κ2) is 6.53. The first-order valence-corrected chi connectivity index (χ1v) is 7.57. The molecule has 0 bridgehead atoms. The Labute approximate surface area is 139 Å². The van der Waals surface area contributed by atoms with Gasteiger partial charge in [0, 0.05) is 11.3 Å². The van der Waals surface area contributed by atoms with E-state index in [-0.39, 0.29) is 17.7 Å². The lowest BCUT2D eigenvalue weighted by atomic mass is 9.96. The lowest BCUT2D eigenvalue weighted by Crippen LogP contribution is -2.12. The Morgan fingerprint density at radius 1 is 1.04 bits per heavy atom. The number of aromatic nitrogens is 1. The third-order valence-corrected chi connectivity index (χ3v) is 3.92. The lowest BCUT2D eigenvalue weighted by molar-refractivity contribution is 0.282. The molecule has 24 heavy (non-hydrogen) atoms. The van der Waals surface area contributed by atoms with E-state index in [2.05, 4.69) is 4.98 Å². The van der Waals surface area contributed by atoms with Gasteiger partial charge in [0.05, 0.1) is 6.61 Å². The molecule has 0 unspecified atom stereocenters. The van der Waals surface area contributed by atoms with Crippen molar-refractivity contribution in [2.75, 3.05) is 0 Å². The van der Waals surface area contributed by atoms with Crippen LogP contribution in [0, 0.1) is 18.3 Å². The number of aromatic amines is 1. The molecule has 0 fully saturated rings. The highest BCUT2D eigenvalue weighted by Gasteiger charge is 2.11. The highest BCUT2D eigenvalue weighted by molar-refractivity contribution is 5.76. The van der Waals surface area contributed by atoms with E-state index in [1.807, 2.05) is 60.7 Å². The molecule has 0 radical (unpaired) electrons. The van der Waals surface area contributed by atoms with Gasteiger partial charge in [-0.3, -0.25) is 4.79 Å². The summed E-state index contributed by atoms with van der Waals surface area (Å²) in [4.78, 5) is 14.6. The van der Waals surface area contributed by atoms with Crippen LogP contribution in [-0.4, -0.2) is 10.1 Å². The second-order valence-electron chi connectivity index (χ2n) is 5.62. The average Bonchev–Trinajstić information content (AvgIpc) is 2.61. The van der Waals surface area contributed by atoms with Crippen LogP contribution in [0.4, 0.5) is 0 Å². The summed E-state index contributed by atoms with van der Waals surface area (Å²) in [7, 11) is 0. The van der Waals surface area contributed by atoms with Crippen LogP contribution < -0.4 is 5.56 Å². The molecule has 2 N–H and O–H groups in total. The van der Waals surface area contributed by atoms with Crippen LogP contribution in [0.15, 0.2) is 59.4 Å². The fourth-order valence-corrected chi connectivity index (χ4v) is 2.70. The maximum absolute atomic E-state index is 12.0. The molecule has 0 aliphatic carbocycles. The van der Waals surface area contributed by atoms with Gasteiger partial charge in [0.25, 0.3) is 5.56 Å². The highest BCUT2D eigenvalue weighted by atomic mass is 16.3. The number of pyridine rings is 1. The van der Waals surface area contributed by atoms with Gasteiger partial charge in [-0.15, -0.1) is 0 Å². The third kappa shape index (κ3) is 2.98. The second-order valence-corrected chi connectivity index (χ2v) is 5.62. The van der Waals surface area contributed by atoms with Crippen LogP contribution in [-0.2, 0) is 6.61 Å². The lowest BCUT2D eigenvalue weighted by Gasteiger charge is -2.09. The smallest absolute Gasteiger partial charge is 0.266 e. The minimum atomic E-state index is -0.370. The fraction of sp³-hybridized carbons (Fsp3) is 0.100. The third-order valence-electron chi connectivity index (χ3n) is 3.92. The number of H-pyrrole nitrogens is 1. The monoisotopic (exact) mass is 316 g/mol. The van der Waals surface area contributed by atoms with E-state index in [0.29, 0.717) is 11.3 Å². The predicted molar refractivity (Wildman–Crippen MR) is 93.3 cm³/mol. The van der Waals surface area contributed by atoms with E-state index in [0.717, 1.165) is 22.3 Å². The summed E-state index contributed by atoms with van der Waals surface area (Å²) < 4.78 is 0. The number of nitrogens with one attached hydrogen (secondary N) is 1. The Hall–Kier alpha value is -3.16. The molecule has 0 aliphatic heterocycles. The van der Waals surface area contributed by atoms with Crippen molar-refractivity contribution in [3.63, 3.8) is 0 Å². The molecular weight excluding hydrogens is 300 g/mol. The van der Waals surface area contributed by atoms with E-state index >= 15 is 0 Å². The summed E-state index contributed by atoms with van der Waals surface area (Å²) in [5, 5.41) is 18.4. The summed E-state index contributed by atoms with van der Waals surface area (Å²) in [5.41, 5.74) is 4.77. The van der Waals surface area contributed by atoms with Gasteiger partial charge in [-0.25, -0.2) is 0 Å². The van der Waals surface area contributed by atoms with Gasteiger partial charge < -0.3 is 10.1 Å². The number of rotatable bonds is 3. The number of aliphatic hydroxyl groups excluding tert-OH is 1. The molecule has 0 aliphatic rings. The minimum Gasteiger partial charge on any atom is -0.392 e. The van der Waals surface area contributed by atoms with E-state index in [1.165, 1.54) is 0 Å². The Bertz CT molecular complexity index is 980. The number of benzene rings is 2. The van der Waals surface area contributed by atoms with Crippen molar-refractivity contribution in [2.45, 2.75) is 13.5 Å². The molecule has 0 atom stereocenters. The summed E-state index contributed by atoms with van der Waals surface area (Å²) in [6.45, 7) is 1.81. The molecule has 3 aromatic rings. The average molecular weight is 316 g/mol. The Balaban J connectivity index is 2.12. The van der Waals surface area contributed by atoms with Gasteiger partial charge in [0.2, 0.25) is 0 Å². The molecule has 0 amide bonds. The summed E-state index contributed by atoms with van der Waals surface area (Å²) in [6, 6.07) is 19.2. The minimum absolute atomic E-state index is 0.0118. The van der Waals surface area contributed by atoms with Crippen LogP contribution in [0.2, 0.25) is 0 Å². The molecule has 0 saturated carbocycles. The molecular formula is C20H16N2O2. The van der Waals surface area contributed by atoms with Crippen molar-refractivity contribution in [3.8, 4) is 28.3 Å². The van der Waals surface area contributed by atoms with Crippen LogP contribution in [0.25, 0.3) is 22.3 Å². The molecule has 1 aromatic heterocycles. The largest absolute Gasteiger partial charge is 0.392 e. The molecule has 4 nitrogen and oxygen atoms in total. The van der Waals surface area contributed by atoms with Crippen molar-refractivity contribution in [1.29, 1.82) is 5.26 Å². The molecule has 2 aromatic carbocycles. The zero-order valence-corrected chi connectivity index (χ0v) is 13.2. The number of hydrogen-bond acceptors (Lipinski definition) is 3. The van der Waals surface area contributed by atoms with Gasteiger partial charge in [0.15, 0.2) is 0 Å². The van der Waals surface area contributed by atoms with Crippen molar-refractivity contribution >= 4 is 0 Å². The topological polar surface area (TPSA) is 76.9 Å². The van der Waals surface area contributed by atoms with E-state index in [1.54, 1.807) is 6.92 Å². The Morgan fingerprint density at radius 3 is 2.42 bits per heavy atom. The summed E-state index contributed by atoms with van der Waals surface area (Å²) in [5.74, 6) is 0. The Kier molecular flexibility index (Phi) is 4.28. The highest BCUT2D eigenvalue weighted by Crippen LogP contribution is 2.28. The fourth-order valence-electron chi connectivity index (χ4n) is 2.70. The van der Waals surface area contributed by atoms with Crippen LogP contribution in [0.3, 0.4) is 0 Å². The van der Waals surface area contributed by atoms with Gasteiger partial charge in [-0.1, -0.05) is 42.5 Å². The van der Waals surface area contributed by atoms with Crippen molar-refractivity contribution in [1.82, 2.24) is 4.98 Å². The predicted octanol–water partition coefficient (Wildman–Crippen LogP) is 3.38.